The zero-order chi connectivity index (χ0) is 16.7. The third-order valence-corrected chi connectivity index (χ3v) is 3.02. The summed E-state index contributed by atoms with van der Waals surface area (Å²) in [6.45, 7) is -0.223. The first-order valence-electron chi connectivity index (χ1n) is 6.59. The molecule has 1 amide bonds. The highest BCUT2D eigenvalue weighted by Gasteiger charge is 2.07. The maximum Gasteiger partial charge on any atom is 0.336 e. The molecule has 118 valence electrons. The lowest BCUT2D eigenvalue weighted by atomic mass is 10.1. The van der Waals surface area contributed by atoms with Gasteiger partial charge in [0, 0.05) is 10.6 Å². The van der Waals surface area contributed by atoms with Crippen molar-refractivity contribution >= 4 is 29.7 Å². The number of carbonyl (C=O) groups excluding carboxylic acids is 1. The molecule has 0 saturated heterocycles. The Balaban J connectivity index is 1.87. The molecule has 2 aromatic carbocycles. The minimum atomic E-state index is -1.07. The Hall–Kier alpha value is -2.86. The molecule has 2 N–H and O–H groups in total. The van der Waals surface area contributed by atoms with Crippen LogP contribution in [-0.2, 0) is 4.79 Å². The minimum Gasteiger partial charge on any atom is -0.484 e. The number of halogens is 1. The molecule has 7 heteroatoms. The van der Waals surface area contributed by atoms with Crippen LogP contribution in [0, 0.1) is 0 Å². The summed E-state index contributed by atoms with van der Waals surface area (Å²) >= 11 is 5.74. The van der Waals surface area contributed by atoms with Gasteiger partial charge in [0.1, 0.15) is 5.75 Å². The Labute approximate surface area is 137 Å². The van der Waals surface area contributed by atoms with Gasteiger partial charge >= 0.3 is 5.97 Å². The summed E-state index contributed by atoms with van der Waals surface area (Å²) in [6, 6.07) is 12.9. The Morgan fingerprint density at radius 3 is 2.57 bits per heavy atom. The average molecular weight is 333 g/mol. The lowest BCUT2D eigenvalue weighted by molar-refractivity contribution is -0.123. The maximum absolute atomic E-state index is 11.6. The highest BCUT2D eigenvalue weighted by Crippen LogP contribution is 2.15. The van der Waals surface area contributed by atoms with Crippen molar-refractivity contribution in [2.24, 2.45) is 5.10 Å². The third-order valence-electron chi connectivity index (χ3n) is 2.77. The molecule has 0 bridgehead atoms. The van der Waals surface area contributed by atoms with E-state index in [2.05, 4.69) is 10.5 Å². The van der Waals surface area contributed by atoms with E-state index in [0.29, 0.717) is 16.3 Å². The van der Waals surface area contributed by atoms with Gasteiger partial charge in [-0.3, -0.25) is 4.79 Å². The topological polar surface area (TPSA) is 88.0 Å². The van der Waals surface area contributed by atoms with Crippen molar-refractivity contribution in [2.75, 3.05) is 6.61 Å². The van der Waals surface area contributed by atoms with Gasteiger partial charge in [-0.1, -0.05) is 29.8 Å². The predicted octanol–water partition coefficient (Wildman–Crippen LogP) is 2.57. The summed E-state index contributed by atoms with van der Waals surface area (Å²) in [5.74, 6) is -1.03. The van der Waals surface area contributed by atoms with Gasteiger partial charge in [-0.05, 0) is 30.3 Å². The second-order valence-electron chi connectivity index (χ2n) is 4.43. The Morgan fingerprint density at radius 2 is 1.87 bits per heavy atom. The lowest BCUT2D eigenvalue weighted by Gasteiger charge is -2.05. The molecule has 2 rings (SSSR count). The van der Waals surface area contributed by atoms with Gasteiger partial charge in [0.2, 0.25) is 0 Å². The van der Waals surface area contributed by atoms with Crippen LogP contribution >= 0.6 is 11.6 Å². The fourth-order valence-electron chi connectivity index (χ4n) is 1.69. The van der Waals surface area contributed by atoms with Crippen LogP contribution in [0.5, 0.6) is 5.75 Å². The Kier molecular flexibility index (Phi) is 5.71. The van der Waals surface area contributed by atoms with E-state index in [4.69, 9.17) is 21.4 Å². The molecule has 0 saturated carbocycles. The lowest BCUT2D eigenvalue weighted by Crippen LogP contribution is -2.24. The molecule has 0 aliphatic carbocycles. The SMILES string of the molecule is O=C(COc1ccc(Cl)cc1)NN=Cc1ccccc1C(=O)O. The molecule has 0 radical (unpaired) electrons. The number of rotatable bonds is 6. The van der Waals surface area contributed by atoms with Gasteiger partial charge in [-0.25, -0.2) is 10.2 Å². The van der Waals surface area contributed by atoms with E-state index in [1.165, 1.54) is 12.3 Å². The molecule has 0 spiro atoms. The van der Waals surface area contributed by atoms with Gasteiger partial charge in [-0.2, -0.15) is 5.10 Å². The van der Waals surface area contributed by atoms with Crippen LogP contribution in [0.25, 0.3) is 0 Å². The van der Waals surface area contributed by atoms with Crippen LogP contribution < -0.4 is 10.2 Å². The molecule has 0 fully saturated rings. The summed E-state index contributed by atoms with van der Waals surface area (Å²) in [6.07, 6.45) is 1.27. The fraction of sp³-hybridized carbons (Fsp3) is 0.0625. The van der Waals surface area contributed by atoms with Crippen LogP contribution in [0.1, 0.15) is 15.9 Å². The van der Waals surface area contributed by atoms with Crippen LogP contribution in [-0.4, -0.2) is 29.8 Å². The molecular formula is C16H13ClN2O4. The average Bonchev–Trinajstić information content (AvgIpc) is 2.54. The van der Waals surface area contributed by atoms with Crippen molar-refractivity contribution in [1.82, 2.24) is 5.43 Å². The Bertz CT molecular complexity index is 729. The molecule has 23 heavy (non-hydrogen) atoms. The molecule has 6 nitrogen and oxygen atoms in total. The maximum atomic E-state index is 11.6. The van der Waals surface area contributed by atoms with Crippen LogP contribution in [0.15, 0.2) is 53.6 Å². The fourth-order valence-corrected chi connectivity index (χ4v) is 1.82. The molecule has 2 aromatic rings. The molecule has 0 heterocycles. The molecule has 0 aliphatic heterocycles. The molecule has 0 unspecified atom stereocenters. The van der Waals surface area contributed by atoms with Crippen molar-refractivity contribution in [3.8, 4) is 5.75 Å². The van der Waals surface area contributed by atoms with E-state index in [1.807, 2.05) is 0 Å². The number of hydrogen-bond acceptors (Lipinski definition) is 4. The first-order valence-corrected chi connectivity index (χ1v) is 6.96. The summed E-state index contributed by atoms with van der Waals surface area (Å²) in [7, 11) is 0. The highest BCUT2D eigenvalue weighted by atomic mass is 35.5. The van der Waals surface area contributed by atoms with Gasteiger partial charge < -0.3 is 9.84 Å². The summed E-state index contributed by atoms with van der Waals surface area (Å²) < 4.78 is 5.25. The monoisotopic (exact) mass is 332 g/mol. The number of hydrazone groups is 1. The molecular weight excluding hydrogens is 320 g/mol. The second kappa shape index (κ2) is 7.95. The number of nitrogens with one attached hydrogen (secondary N) is 1. The molecule has 0 aliphatic rings. The normalized spacial score (nSPS) is 10.5. The zero-order valence-corrected chi connectivity index (χ0v) is 12.7. The van der Waals surface area contributed by atoms with Crippen molar-refractivity contribution < 1.29 is 19.4 Å². The first-order chi connectivity index (χ1) is 11.1. The third kappa shape index (κ3) is 5.12. The van der Waals surface area contributed by atoms with E-state index in [1.54, 1.807) is 42.5 Å². The van der Waals surface area contributed by atoms with Crippen LogP contribution in [0.2, 0.25) is 5.02 Å². The number of aromatic carboxylic acids is 1. The predicted molar refractivity (Wildman–Crippen MR) is 86.1 cm³/mol. The standard InChI is InChI=1S/C16H13ClN2O4/c17-12-5-7-13(8-6-12)23-10-15(20)19-18-9-11-3-1-2-4-14(11)16(21)22/h1-9H,10H2,(H,19,20)(H,21,22). The zero-order valence-electron chi connectivity index (χ0n) is 11.9. The van der Waals surface area contributed by atoms with Gasteiger partial charge in [0.05, 0.1) is 11.8 Å². The minimum absolute atomic E-state index is 0.0999. The van der Waals surface area contributed by atoms with Crippen LogP contribution in [0.3, 0.4) is 0 Å². The van der Waals surface area contributed by atoms with E-state index in [9.17, 15) is 9.59 Å². The van der Waals surface area contributed by atoms with Crippen molar-refractivity contribution in [1.29, 1.82) is 0 Å². The van der Waals surface area contributed by atoms with Gasteiger partial charge in [-0.15, -0.1) is 0 Å². The first kappa shape index (κ1) is 16.5. The number of carboxylic acids is 1. The van der Waals surface area contributed by atoms with Gasteiger partial charge in [0.25, 0.3) is 5.91 Å². The van der Waals surface area contributed by atoms with E-state index >= 15 is 0 Å². The largest absolute Gasteiger partial charge is 0.484 e. The smallest absolute Gasteiger partial charge is 0.336 e. The quantitative estimate of drug-likeness (QED) is 0.628. The number of nitrogens with zero attached hydrogens (tertiary/aromatic N) is 1. The summed E-state index contributed by atoms with van der Waals surface area (Å²) in [5, 5.41) is 13.3. The second-order valence-corrected chi connectivity index (χ2v) is 4.86. The Morgan fingerprint density at radius 1 is 1.17 bits per heavy atom. The summed E-state index contributed by atoms with van der Waals surface area (Å²) in [4.78, 5) is 22.6. The van der Waals surface area contributed by atoms with Crippen LogP contribution in [0.4, 0.5) is 0 Å². The van der Waals surface area contributed by atoms with E-state index in [0.717, 1.165) is 0 Å². The molecule has 0 aromatic heterocycles. The number of benzene rings is 2. The number of amides is 1. The highest BCUT2D eigenvalue weighted by molar-refractivity contribution is 6.30. The molecule has 0 atom stereocenters. The summed E-state index contributed by atoms with van der Waals surface area (Å²) in [5.41, 5.74) is 2.75. The number of hydrogen-bond donors (Lipinski definition) is 2. The van der Waals surface area contributed by atoms with Gasteiger partial charge in [0.15, 0.2) is 6.61 Å². The number of ether oxygens (including phenoxy) is 1. The van der Waals surface area contributed by atoms with Crippen molar-refractivity contribution in [3.05, 3.63) is 64.7 Å². The number of carboxylic acid groups (broad SMARTS) is 1. The van der Waals surface area contributed by atoms with E-state index < -0.39 is 11.9 Å². The van der Waals surface area contributed by atoms with Crippen molar-refractivity contribution in [3.63, 3.8) is 0 Å². The van der Waals surface area contributed by atoms with Crippen molar-refractivity contribution in [2.45, 2.75) is 0 Å². The number of carbonyl (C=O) groups is 2. The van der Waals surface area contributed by atoms with E-state index in [-0.39, 0.29) is 12.2 Å².